The predicted octanol–water partition coefficient (Wildman–Crippen LogP) is 2.31. The Hall–Kier alpha value is -0.830. The highest BCUT2D eigenvalue weighted by molar-refractivity contribution is 5.22. The highest BCUT2D eigenvalue weighted by Crippen LogP contribution is 2.39. The summed E-state index contributed by atoms with van der Waals surface area (Å²) < 4.78 is 0. The van der Waals surface area contributed by atoms with E-state index in [1.165, 1.54) is 30.5 Å². The smallest absolute Gasteiger partial charge is 0.0638 e. The monoisotopic (exact) mass is 207 g/mol. The van der Waals surface area contributed by atoms with Crippen molar-refractivity contribution in [3.05, 3.63) is 17.0 Å². The van der Waals surface area contributed by atoms with Crippen LogP contribution < -0.4 is 5.32 Å². The molecule has 15 heavy (non-hydrogen) atoms. The number of H-pyrrole nitrogens is 1. The molecule has 1 saturated carbocycles. The van der Waals surface area contributed by atoms with Gasteiger partial charge in [0.1, 0.15) is 0 Å². The quantitative estimate of drug-likeness (QED) is 0.795. The Morgan fingerprint density at radius 2 is 2.13 bits per heavy atom. The van der Waals surface area contributed by atoms with Crippen molar-refractivity contribution in [2.75, 3.05) is 6.54 Å². The molecule has 1 aliphatic carbocycles. The van der Waals surface area contributed by atoms with Crippen molar-refractivity contribution in [1.29, 1.82) is 0 Å². The maximum atomic E-state index is 4.20. The number of nitrogens with one attached hydrogen (secondary N) is 2. The molecular weight excluding hydrogens is 186 g/mol. The Balaban J connectivity index is 1.83. The van der Waals surface area contributed by atoms with Gasteiger partial charge in [-0.15, -0.1) is 0 Å². The molecule has 84 valence electrons. The number of hydrogen-bond acceptors (Lipinski definition) is 2. The molecule has 0 radical (unpaired) electrons. The lowest BCUT2D eigenvalue weighted by Gasteiger charge is -2.38. The number of rotatable bonds is 4. The molecule has 1 aromatic rings. The summed E-state index contributed by atoms with van der Waals surface area (Å²) in [6.07, 6.45) is 4.16. The van der Waals surface area contributed by atoms with Crippen molar-refractivity contribution in [3.63, 3.8) is 0 Å². The summed E-state index contributed by atoms with van der Waals surface area (Å²) in [5.74, 6) is 0. The molecule has 3 nitrogen and oxygen atoms in total. The van der Waals surface area contributed by atoms with Crippen LogP contribution in [0, 0.1) is 19.3 Å². The lowest BCUT2D eigenvalue weighted by atomic mass is 9.70. The second kappa shape index (κ2) is 3.97. The summed E-state index contributed by atoms with van der Waals surface area (Å²) >= 11 is 0. The van der Waals surface area contributed by atoms with E-state index in [-0.39, 0.29) is 0 Å². The molecule has 0 unspecified atom stereocenters. The largest absolute Gasteiger partial charge is 0.312 e. The number of aryl methyl sites for hydroxylation is 2. The average molecular weight is 207 g/mol. The first kappa shape index (κ1) is 10.7. The Labute approximate surface area is 91.7 Å². The van der Waals surface area contributed by atoms with E-state index in [0.717, 1.165) is 18.8 Å². The molecule has 3 heteroatoms. The molecule has 1 aromatic heterocycles. The molecule has 1 aliphatic rings. The zero-order chi connectivity index (χ0) is 10.9. The minimum Gasteiger partial charge on any atom is -0.312 e. The molecule has 0 spiro atoms. The van der Waals surface area contributed by atoms with E-state index in [2.05, 4.69) is 36.3 Å². The second-order valence-corrected chi connectivity index (χ2v) is 5.18. The fourth-order valence-corrected chi connectivity index (χ4v) is 2.28. The second-order valence-electron chi connectivity index (χ2n) is 5.18. The molecule has 0 atom stereocenters. The van der Waals surface area contributed by atoms with Crippen LogP contribution in [0.15, 0.2) is 0 Å². The Morgan fingerprint density at radius 1 is 1.40 bits per heavy atom. The van der Waals surface area contributed by atoms with E-state index >= 15 is 0 Å². The highest BCUT2D eigenvalue weighted by Gasteiger charge is 2.30. The SMILES string of the molecule is Cc1n[nH]c(C)c1CNCC1(C)CCC1. The minimum atomic E-state index is 0.561. The van der Waals surface area contributed by atoms with E-state index in [1.54, 1.807) is 0 Å². The van der Waals surface area contributed by atoms with Crippen molar-refractivity contribution in [3.8, 4) is 0 Å². The number of nitrogens with zero attached hydrogens (tertiary/aromatic N) is 1. The molecule has 2 N–H and O–H groups in total. The third-order valence-corrected chi connectivity index (χ3v) is 3.69. The van der Waals surface area contributed by atoms with Gasteiger partial charge < -0.3 is 5.32 Å². The molecule has 2 rings (SSSR count). The standard InChI is InChI=1S/C12H21N3/c1-9-11(10(2)15-14-9)7-13-8-12(3)5-4-6-12/h13H,4-8H2,1-3H3,(H,14,15). The first-order chi connectivity index (χ1) is 7.11. The number of hydrogen-bond donors (Lipinski definition) is 2. The first-order valence-corrected chi connectivity index (χ1v) is 5.82. The van der Waals surface area contributed by atoms with Gasteiger partial charge in [-0.2, -0.15) is 5.10 Å². The van der Waals surface area contributed by atoms with Crippen LogP contribution in [-0.4, -0.2) is 16.7 Å². The van der Waals surface area contributed by atoms with Gasteiger partial charge in [0.15, 0.2) is 0 Å². The molecule has 0 aliphatic heterocycles. The van der Waals surface area contributed by atoms with Gasteiger partial charge in [-0.05, 0) is 32.1 Å². The summed E-state index contributed by atoms with van der Waals surface area (Å²) in [6.45, 7) is 8.60. The van der Waals surface area contributed by atoms with Crippen molar-refractivity contribution in [1.82, 2.24) is 15.5 Å². The van der Waals surface area contributed by atoms with Crippen LogP contribution in [-0.2, 0) is 6.54 Å². The maximum absolute atomic E-state index is 4.20. The van der Waals surface area contributed by atoms with E-state index in [0.29, 0.717) is 5.41 Å². The summed E-state index contributed by atoms with van der Waals surface area (Å²) in [5.41, 5.74) is 4.21. The van der Waals surface area contributed by atoms with Crippen LogP contribution in [0.4, 0.5) is 0 Å². The fourth-order valence-electron chi connectivity index (χ4n) is 2.28. The molecule has 0 saturated heterocycles. The molecule has 0 amide bonds. The third kappa shape index (κ3) is 2.23. The Bertz CT molecular complexity index is 317. The van der Waals surface area contributed by atoms with Crippen molar-refractivity contribution < 1.29 is 0 Å². The fraction of sp³-hybridized carbons (Fsp3) is 0.750. The lowest BCUT2D eigenvalue weighted by Crippen LogP contribution is -2.37. The van der Waals surface area contributed by atoms with Gasteiger partial charge in [-0.25, -0.2) is 0 Å². The first-order valence-electron chi connectivity index (χ1n) is 5.82. The van der Waals surface area contributed by atoms with Gasteiger partial charge >= 0.3 is 0 Å². The molecule has 0 aromatic carbocycles. The van der Waals surface area contributed by atoms with Gasteiger partial charge in [0.05, 0.1) is 5.69 Å². The summed E-state index contributed by atoms with van der Waals surface area (Å²) in [7, 11) is 0. The Kier molecular flexibility index (Phi) is 2.83. The summed E-state index contributed by atoms with van der Waals surface area (Å²) in [5, 5.41) is 10.8. The number of aromatic nitrogens is 2. The summed E-state index contributed by atoms with van der Waals surface area (Å²) in [4.78, 5) is 0. The third-order valence-electron chi connectivity index (χ3n) is 3.69. The van der Waals surface area contributed by atoms with Crippen LogP contribution in [0.5, 0.6) is 0 Å². The van der Waals surface area contributed by atoms with E-state index in [4.69, 9.17) is 0 Å². The van der Waals surface area contributed by atoms with Crippen molar-refractivity contribution >= 4 is 0 Å². The molecular formula is C12H21N3. The van der Waals surface area contributed by atoms with Gasteiger partial charge in [0.25, 0.3) is 0 Å². The van der Waals surface area contributed by atoms with Crippen molar-refractivity contribution in [2.24, 2.45) is 5.41 Å². The van der Waals surface area contributed by atoms with Crippen molar-refractivity contribution in [2.45, 2.75) is 46.6 Å². The molecule has 1 heterocycles. The zero-order valence-corrected chi connectivity index (χ0v) is 9.98. The molecule has 1 fully saturated rings. The maximum Gasteiger partial charge on any atom is 0.0638 e. The highest BCUT2D eigenvalue weighted by atomic mass is 15.1. The van der Waals surface area contributed by atoms with E-state index in [1.807, 2.05) is 0 Å². The van der Waals surface area contributed by atoms with Crippen LogP contribution in [0.3, 0.4) is 0 Å². The molecule has 0 bridgehead atoms. The van der Waals surface area contributed by atoms with Crippen LogP contribution >= 0.6 is 0 Å². The predicted molar refractivity (Wildman–Crippen MR) is 61.7 cm³/mol. The number of aromatic amines is 1. The van der Waals surface area contributed by atoms with E-state index < -0.39 is 0 Å². The van der Waals surface area contributed by atoms with E-state index in [9.17, 15) is 0 Å². The van der Waals surface area contributed by atoms with Crippen LogP contribution in [0.2, 0.25) is 0 Å². The summed E-state index contributed by atoms with van der Waals surface area (Å²) in [6, 6.07) is 0. The normalized spacial score (nSPS) is 18.9. The van der Waals surface area contributed by atoms with Gasteiger partial charge in [-0.1, -0.05) is 13.3 Å². The van der Waals surface area contributed by atoms with Gasteiger partial charge in [-0.3, -0.25) is 5.10 Å². The van der Waals surface area contributed by atoms with Crippen LogP contribution in [0.1, 0.15) is 43.1 Å². The van der Waals surface area contributed by atoms with Gasteiger partial charge in [0, 0.05) is 24.3 Å². The van der Waals surface area contributed by atoms with Crippen LogP contribution in [0.25, 0.3) is 0 Å². The van der Waals surface area contributed by atoms with Gasteiger partial charge in [0.2, 0.25) is 0 Å². The lowest BCUT2D eigenvalue weighted by molar-refractivity contribution is 0.156. The Morgan fingerprint density at radius 3 is 2.60 bits per heavy atom. The topological polar surface area (TPSA) is 40.7 Å². The minimum absolute atomic E-state index is 0.561. The average Bonchev–Trinajstić information content (AvgIpc) is 2.46. The zero-order valence-electron chi connectivity index (χ0n) is 9.98.